The molecule has 0 unspecified atom stereocenters. The highest BCUT2D eigenvalue weighted by Crippen LogP contribution is 2.25. The van der Waals surface area contributed by atoms with Crippen LogP contribution in [0.15, 0.2) is 120 Å². The molecule has 0 aliphatic rings. The number of para-hydroxylation sites is 1. The van der Waals surface area contributed by atoms with Gasteiger partial charge in [-0.15, -0.1) is 3.96 Å². The lowest BCUT2D eigenvalue weighted by Gasteiger charge is -2.08. The molecule has 0 saturated heterocycles. The second-order valence-electron chi connectivity index (χ2n) is 7.62. The highest BCUT2D eigenvalue weighted by Gasteiger charge is 2.24. The van der Waals surface area contributed by atoms with Crippen LogP contribution in [0.2, 0.25) is 0 Å². The molecule has 0 fully saturated rings. The second-order valence-corrected chi connectivity index (χ2v) is 8.54. The Hall–Kier alpha value is -4.09. The molecule has 4 aromatic carbocycles. The van der Waals surface area contributed by atoms with Crippen LogP contribution in [0, 0.1) is 6.92 Å². The Labute approximate surface area is 197 Å². The summed E-state index contributed by atoms with van der Waals surface area (Å²) < 4.78 is 2.14. The smallest absolute Gasteiger partial charge is 0.340 e. The summed E-state index contributed by atoms with van der Waals surface area (Å²) in [5, 5.41) is 4.14. The van der Waals surface area contributed by atoms with Crippen molar-refractivity contribution in [2.24, 2.45) is 4.99 Å². The van der Waals surface area contributed by atoms with E-state index >= 15 is 0 Å². The van der Waals surface area contributed by atoms with Crippen LogP contribution in [0.3, 0.4) is 0 Å². The van der Waals surface area contributed by atoms with Gasteiger partial charge in [-0.05, 0) is 48.3 Å². The number of benzene rings is 4. The van der Waals surface area contributed by atoms with E-state index in [9.17, 15) is 0 Å². The molecule has 160 valence electrons. The van der Waals surface area contributed by atoms with Crippen LogP contribution in [0.1, 0.15) is 11.1 Å². The minimum Gasteiger partial charge on any atom is -0.340 e. The predicted octanol–water partition coefficient (Wildman–Crippen LogP) is 6.59. The summed E-state index contributed by atoms with van der Waals surface area (Å²) in [5.74, 6) is 1.63. The van der Waals surface area contributed by atoms with E-state index in [0.717, 1.165) is 34.2 Å². The highest BCUT2D eigenvalue weighted by molar-refractivity contribution is 7.05. The Morgan fingerprint density at radius 1 is 0.758 bits per heavy atom. The Kier molecular flexibility index (Phi) is 6.04. The lowest BCUT2D eigenvalue weighted by Crippen LogP contribution is -2.27. The monoisotopic (exact) mass is 447 g/mol. The molecule has 33 heavy (non-hydrogen) atoms. The van der Waals surface area contributed by atoms with Gasteiger partial charge in [0, 0.05) is 11.3 Å². The fraction of sp³-hybridized carbons (Fsp3) is 0.0357. The Morgan fingerprint density at radius 2 is 1.36 bits per heavy atom. The highest BCUT2D eigenvalue weighted by atomic mass is 32.1. The Bertz CT molecular complexity index is 1360. The lowest BCUT2D eigenvalue weighted by atomic mass is 10.2. The minimum atomic E-state index is 0.678. The molecule has 0 radical (unpaired) electrons. The van der Waals surface area contributed by atoms with Gasteiger partial charge in [0.25, 0.3) is 0 Å². The number of aryl methyl sites for hydroxylation is 1. The van der Waals surface area contributed by atoms with Crippen molar-refractivity contribution >= 4 is 28.2 Å². The number of amidine groups is 1. The zero-order valence-corrected chi connectivity index (χ0v) is 19.0. The van der Waals surface area contributed by atoms with Gasteiger partial charge in [-0.1, -0.05) is 84.4 Å². The summed E-state index contributed by atoms with van der Waals surface area (Å²) in [6.07, 6.45) is 0. The van der Waals surface area contributed by atoms with Gasteiger partial charge in [-0.2, -0.15) is 4.99 Å². The van der Waals surface area contributed by atoms with Gasteiger partial charge in [0.05, 0.1) is 5.56 Å². The largest absolute Gasteiger partial charge is 0.362 e. The molecular weight excluding hydrogens is 424 g/mol. The maximum atomic E-state index is 4.97. The van der Waals surface area contributed by atoms with E-state index in [4.69, 9.17) is 9.98 Å². The first kappa shape index (κ1) is 20.8. The van der Waals surface area contributed by atoms with Crippen molar-refractivity contribution < 1.29 is 3.96 Å². The minimum absolute atomic E-state index is 0.678. The van der Waals surface area contributed by atoms with Crippen LogP contribution in [0.4, 0.5) is 10.8 Å². The summed E-state index contributed by atoms with van der Waals surface area (Å²) >= 11 is 1.52. The van der Waals surface area contributed by atoms with Crippen molar-refractivity contribution in [2.75, 3.05) is 5.32 Å². The van der Waals surface area contributed by atoms with E-state index in [1.807, 2.05) is 66.7 Å². The number of nitrogens with one attached hydrogen (secondary N) is 1. The van der Waals surface area contributed by atoms with E-state index in [1.54, 1.807) is 0 Å². The third kappa shape index (κ3) is 4.89. The van der Waals surface area contributed by atoms with Crippen LogP contribution in [0.25, 0.3) is 17.1 Å². The van der Waals surface area contributed by atoms with Gasteiger partial charge in [-0.3, -0.25) is 0 Å². The molecule has 0 aliphatic carbocycles. The molecule has 5 heteroatoms. The molecule has 0 saturated carbocycles. The first-order valence-corrected chi connectivity index (χ1v) is 11.6. The number of hydrogen-bond donors (Lipinski definition) is 1. The van der Waals surface area contributed by atoms with Crippen molar-refractivity contribution in [2.45, 2.75) is 6.92 Å². The number of aliphatic imine (C=N–C) groups is 1. The molecule has 0 aliphatic heterocycles. The molecule has 1 heterocycles. The second kappa shape index (κ2) is 9.59. The normalized spacial score (nSPS) is 11.4. The van der Waals surface area contributed by atoms with Crippen LogP contribution in [-0.4, -0.2) is 10.8 Å². The molecule has 0 bridgehead atoms. The topological polar surface area (TPSA) is 41.2 Å². The molecule has 5 rings (SSSR count). The molecule has 4 nitrogen and oxygen atoms in total. The zero-order valence-electron chi connectivity index (χ0n) is 18.2. The summed E-state index contributed by atoms with van der Waals surface area (Å²) in [7, 11) is 0. The van der Waals surface area contributed by atoms with E-state index in [0.29, 0.717) is 5.13 Å². The lowest BCUT2D eigenvalue weighted by molar-refractivity contribution is -0.509. The average molecular weight is 448 g/mol. The molecule has 1 N–H and O–H groups in total. The maximum Gasteiger partial charge on any atom is 0.362 e. The standard InChI is InChI=1S/C28H22N4S/c1-21-17-19-25(20-18-21)32-27(23-13-7-3-8-14-23)31-28(33-32)30-26(22-11-5-2-6-12-22)29-24-15-9-4-10-16-24/h2-20H,1H3/p+1. The third-order valence-electron chi connectivity index (χ3n) is 5.16. The molecule has 0 spiro atoms. The van der Waals surface area contributed by atoms with Crippen LogP contribution in [-0.2, 0) is 0 Å². The van der Waals surface area contributed by atoms with Crippen molar-refractivity contribution in [3.8, 4) is 17.1 Å². The quantitative estimate of drug-likeness (QED) is 0.188. The van der Waals surface area contributed by atoms with Gasteiger partial charge >= 0.3 is 11.0 Å². The third-order valence-corrected chi connectivity index (χ3v) is 6.07. The van der Waals surface area contributed by atoms with Crippen LogP contribution >= 0.6 is 11.5 Å². The number of anilines is 1. The first-order valence-electron chi connectivity index (χ1n) is 10.8. The summed E-state index contributed by atoms with van der Waals surface area (Å²) in [6.45, 7) is 2.09. The van der Waals surface area contributed by atoms with Crippen LogP contribution in [0.5, 0.6) is 0 Å². The maximum absolute atomic E-state index is 4.97. The van der Waals surface area contributed by atoms with Crippen molar-refractivity contribution in [3.05, 3.63) is 126 Å². The number of nitrogens with zero attached hydrogens (tertiary/aromatic N) is 3. The Morgan fingerprint density at radius 3 is 2.03 bits per heavy atom. The molecule has 5 aromatic rings. The molecular formula is C28H23N4S+. The Balaban J connectivity index is 1.62. The number of hydrogen-bond acceptors (Lipinski definition) is 3. The molecule has 1 aromatic heterocycles. The van der Waals surface area contributed by atoms with Gasteiger partial charge in [0.15, 0.2) is 0 Å². The average Bonchev–Trinajstić information content (AvgIpc) is 3.30. The summed E-state index contributed by atoms with van der Waals surface area (Å²) in [4.78, 5) is 9.91. The fourth-order valence-electron chi connectivity index (χ4n) is 3.47. The van der Waals surface area contributed by atoms with Crippen molar-refractivity contribution in [1.29, 1.82) is 0 Å². The first-order chi connectivity index (χ1) is 16.3. The van der Waals surface area contributed by atoms with Gasteiger partial charge in [-0.25, -0.2) is 0 Å². The van der Waals surface area contributed by atoms with E-state index in [1.165, 1.54) is 17.1 Å². The SMILES string of the molecule is Cc1ccc(-[n+]2sc(N=C(Nc3ccccc3)c3ccccc3)nc2-c2ccccc2)cc1. The fourth-order valence-corrected chi connectivity index (χ4v) is 4.35. The number of rotatable bonds is 5. The molecule has 0 atom stereocenters. The van der Waals surface area contributed by atoms with Gasteiger partial charge in [0.1, 0.15) is 23.1 Å². The van der Waals surface area contributed by atoms with Gasteiger partial charge in [0.2, 0.25) is 0 Å². The molecule has 0 amide bonds. The van der Waals surface area contributed by atoms with Crippen molar-refractivity contribution in [1.82, 2.24) is 4.98 Å². The van der Waals surface area contributed by atoms with E-state index in [-0.39, 0.29) is 0 Å². The van der Waals surface area contributed by atoms with Crippen LogP contribution < -0.4 is 9.27 Å². The summed E-state index contributed by atoms with van der Waals surface area (Å²) in [5.41, 5.74) is 5.32. The van der Waals surface area contributed by atoms with Crippen molar-refractivity contribution in [3.63, 3.8) is 0 Å². The van der Waals surface area contributed by atoms with E-state index in [2.05, 4.69) is 64.7 Å². The zero-order chi connectivity index (χ0) is 22.5. The predicted molar refractivity (Wildman–Crippen MR) is 137 cm³/mol. The number of aromatic nitrogens is 2. The van der Waals surface area contributed by atoms with Gasteiger partial charge < -0.3 is 5.32 Å². The summed E-state index contributed by atoms with van der Waals surface area (Å²) in [6, 6.07) is 38.9. The van der Waals surface area contributed by atoms with E-state index < -0.39 is 0 Å².